The van der Waals surface area contributed by atoms with Crippen molar-refractivity contribution < 1.29 is 4.57 Å². The molecule has 0 radical (unpaired) electrons. The van der Waals surface area contributed by atoms with Crippen LogP contribution in [0.4, 0.5) is 5.95 Å². The number of nitrogens with zero attached hydrogens (tertiary/aromatic N) is 7. The summed E-state index contributed by atoms with van der Waals surface area (Å²) < 4.78 is 5.46. The monoisotopic (exact) mass is 457 g/mol. The van der Waals surface area contributed by atoms with Crippen LogP contribution in [0.5, 0.6) is 0 Å². The van der Waals surface area contributed by atoms with Crippen molar-refractivity contribution in [3.05, 3.63) is 52.3 Å². The third kappa shape index (κ3) is 3.80. The molecule has 1 aliphatic heterocycles. The molecule has 34 heavy (non-hydrogen) atoms. The average molecular weight is 458 g/mol. The summed E-state index contributed by atoms with van der Waals surface area (Å²) in [7, 11) is 1.97. The van der Waals surface area contributed by atoms with Gasteiger partial charge in [0.15, 0.2) is 11.3 Å². The summed E-state index contributed by atoms with van der Waals surface area (Å²) in [6.07, 6.45) is 3.77. The second-order valence-corrected chi connectivity index (χ2v) is 8.80. The van der Waals surface area contributed by atoms with Gasteiger partial charge in [0.05, 0.1) is 31.9 Å². The highest BCUT2D eigenvalue weighted by Gasteiger charge is 2.32. The molecule has 3 aromatic heterocycles. The molecule has 0 bridgehead atoms. The molecule has 1 aliphatic rings. The molecule has 4 heterocycles. The minimum atomic E-state index is -0.187. The first-order chi connectivity index (χ1) is 16.5. The molecule has 1 saturated heterocycles. The number of aromatic nitrogens is 6. The summed E-state index contributed by atoms with van der Waals surface area (Å²) in [6, 6.07) is 7.99. The smallest absolute Gasteiger partial charge is 0.325 e. The predicted octanol–water partition coefficient (Wildman–Crippen LogP) is 1.27. The van der Waals surface area contributed by atoms with Gasteiger partial charge in [-0.05, 0) is 32.8 Å². The molecular formula is C25H29N8O+. The lowest BCUT2D eigenvalue weighted by atomic mass is 10.1. The third-order valence-electron chi connectivity index (χ3n) is 6.46. The number of anilines is 1. The Kier molecular flexibility index (Phi) is 5.75. The Morgan fingerprint density at radius 2 is 2.09 bits per heavy atom. The largest absolute Gasteiger partial charge is 0.361 e. The lowest BCUT2D eigenvalue weighted by molar-refractivity contribution is -0.647. The highest BCUT2D eigenvalue weighted by atomic mass is 16.1. The van der Waals surface area contributed by atoms with Crippen molar-refractivity contribution in [2.24, 2.45) is 12.8 Å². The Labute approximate surface area is 197 Å². The first-order valence-electron chi connectivity index (χ1n) is 11.6. The lowest BCUT2D eigenvalue weighted by Gasteiger charge is -2.27. The average Bonchev–Trinajstić information content (AvgIpc) is 3.11. The van der Waals surface area contributed by atoms with E-state index in [0.29, 0.717) is 17.9 Å². The topological polar surface area (TPSA) is 98.7 Å². The molecule has 1 fully saturated rings. The number of para-hydroxylation sites is 1. The highest BCUT2D eigenvalue weighted by molar-refractivity contribution is 5.80. The van der Waals surface area contributed by atoms with E-state index in [0.717, 1.165) is 54.0 Å². The standard InChI is InChI=1S/C25H29N8O/c1-4-5-13-32-23-21(30(3)25(32)31-12-8-9-18(26)15-31)14-27-33(24(23)34)16-22-28-17(2)19-10-6-7-11-20(19)29-22/h6-7,10-11,14,18H,8-9,12-13,15-16,26H2,1-3H3/q+1/t18-/m1/s1. The van der Waals surface area contributed by atoms with Gasteiger partial charge in [-0.2, -0.15) is 5.10 Å². The molecule has 0 amide bonds. The van der Waals surface area contributed by atoms with Crippen molar-refractivity contribution in [3.8, 4) is 11.8 Å². The van der Waals surface area contributed by atoms with E-state index in [9.17, 15) is 4.79 Å². The van der Waals surface area contributed by atoms with Gasteiger partial charge in [-0.25, -0.2) is 23.8 Å². The summed E-state index contributed by atoms with van der Waals surface area (Å²) in [5, 5.41) is 5.48. The SMILES string of the molecule is CC#CC[n+]1c(N2CCC[C@@H](N)C2)n(C)c2cnn(Cc3nc(C)c4ccccc4n3)c(=O)c21. The van der Waals surface area contributed by atoms with Gasteiger partial charge in [0, 0.05) is 17.1 Å². The molecule has 5 rings (SSSR count). The fraction of sp³-hybridized carbons (Fsp3) is 0.400. The van der Waals surface area contributed by atoms with Crippen LogP contribution in [0.2, 0.25) is 0 Å². The highest BCUT2D eigenvalue weighted by Crippen LogP contribution is 2.21. The minimum Gasteiger partial charge on any atom is -0.325 e. The van der Waals surface area contributed by atoms with Crippen LogP contribution >= 0.6 is 0 Å². The molecule has 174 valence electrons. The lowest BCUT2D eigenvalue weighted by Crippen LogP contribution is -2.50. The molecule has 0 saturated carbocycles. The number of benzene rings is 1. The van der Waals surface area contributed by atoms with Crippen LogP contribution in [0.1, 0.15) is 31.3 Å². The number of imidazole rings is 1. The molecule has 0 aliphatic carbocycles. The van der Waals surface area contributed by atoms with Gasteiger partial charge in [-0.1, -0.05) is 24.1 Å². The van der Waals surface area contributed by atoms with Gasteiger partial charge in [0.1, 0.15) is 13.1 Å². The van der Waals surface area contributed by atoms with Gasteiger partial charge in [-0.3, -0.25) is 9.69 Å². The van der Waals surface area contributed by atoms with Crippen LogP contribution in [0.15, 0.2) is 35.3 Å². The number of rotatable bonds is 4. The maximum atomic E-state index is 13.7. The normalized spacial score (nSPS) is 16.1. The first kappa shape index (κ1) is 22.0. The van der Waals surface area contributed by atoms with E-state index in [1.54, 1.807) is 13.1 Å². The maximum Gasteiger partial charge on any atom is 0.361 e. The Balaban J connectivity index is 1.63. The number of hydrogen-bond acceptors (Lipinski definition) is 6. The van der Waals surface area contributed by atoms with Crippen molar-refractivity contribution >= 4 is 27.9 Å². The fourth-order valence-corrected chi connectivity index (χ4v) is 4.85. The first-order valence-corrected chi connectivity index (χ1v) is 11.6. The zero-order valence-electron chi connectivity index (χ0n) is 19.8. The summed E-state index contributed by atoms with van der Waals surface area (Å²) in [4.78, 5) is 25.2. The van der Waals surface area contributed by atoms with E-state index in [1.807, 2.05) is 47.4 Å². The molecule has 0 spiro atoms. The van der Waals surface area contributed by atoms with Crippen molar-refractivity contribution in [1.82, 2.24) is 24.3 Å². The molecule has 2 N–H and O–H groups in total. The van der Waals surface area contributed by atoms with E-state index in [1.165, 1.54) is 4.68 Å². The molecule has 0 unspecified atom stereocenters. The van der Waals surface area contributed by atoms with Crippen LogP contribution in [-0.2, 0) is 20.1 Å². The third-order valence-corrected chi connectivity index (χ3v) is 6.46. The van der Waals surface area contributed by atoms with Crippen LogP contribution in [0.25, 0.3) is 21.9 Å². The van der Waals surface area contributed by atoms with Crippen molar-refractivity contribution in [3.63, 3.8) is 0 Å². The van der Waals surface area contributed by atoms with E-state index in [4.69, 9.17) is 5.73 Å². The van der Waals surface area contributed by atoms with Gasteiger partial charge in [-0.15, -0.1) is 5.92 Å². The van der Waals surface area contributed by atoms with Crippen LogP contribution < -0.4 is 20.8 Å². The van der Waals surface area contributed by atoms with Gasteiger partial charge in [0.2, 0.25) is 5.52 Å². The van der Waals surface area contributed by atoms with E-state index < -0.39 is 0 Å². The van der Waals surface area contributed by atoms with Gasteiger partial charge < -0.3 is 5.73 Å². The summed E-state index contributed by atoms with van der Waals surface area (Å²) in [5.74, 6) is 7.58. The minimum absolute atomic E-state index is 0.112. The van der Waals surface area contributed by atoms with Gasteiger partial charge >= 0.3 is 11.5 Å². The number of fused-ring (bicyclic) bond motifs is 2. The van der Waals surface area contributed by atoms with E-state index >= 15 is 0 Å². The zero-order valence-corrected chi connectivity index (χ0v) is 19.8. The molecule has 4 aromatic rings. The summed E-state index contributed by atoms with van der Waals surface area (Å²) in [5.41, 5.74) is 9.16. The molecule has 1 atom stereocenters. The van der Waals surface area contributed by atoms with E-state index in [2.05, 4.69) is 31.8 Å². The predicted molar refractivity (Wildman–Crippen MR) is 131 cm³/mol. The second-order valence-electron chi connectivity index (χ2n) is 8.80. The Morgan fingerprint density at radius 1 is 1.26 bits per heavy atom. The summed E-state index contributed by atoms with van der Waals surface area (Å²) in [6.45, 7) is 6.01. The number of piperidine rings is 1. The second kappa shape index (κ2) is 8.88. The van der Waals surface area contributed by atoms with Crippen LogP contribution in [0, 0.1) is 18.8 Å². The van der Waals surface area contributed by atoms with Crippen molar-refractivity contribution in [1.29, 1.82) is 0 Å². The van der Waals surface area contributed by atoms with Crippen molar-refractivity contribution in [2.75, 3.05) is 18.0 Å². The van der Waals surface area contributed by atoms with Crippen LogP contribution in [0.3, 0.4) is 0 Å². The zero-order chi connectivity index (χ0) is 23.8. The fourth-order valence-electron chi connectivity index (χ4n) is 4.85. The Bertz CT molecular complexity index is 1510. The molecule has 1 aromatic carbocycles. The Hall–Kier alpha value is -3.77. The summed E-state index contributed by atoms with van der Waals surface area (Å²) >= 11 is 0. The number of aryl methyl sites for hydroxylation is 2. The maximum absolute atomic E-state index is 13.7. The number of hydrogen-bond donors (Lipinski definition) is 1. The quantitative estimate of drug-likeness (QED) is 0.366. The van der Waals surface area contributed by atoms with Crippen molar-refractivity contribution in [2.45, 2.75) is 45.8 Å². The number of nitrogens with two attached hydrogens (primary N) is 1. The Morgan fingerprint density at radius 3 is 2.88 bits per heavy atom. The molecule has 9 nitrogen and oxygen atoms in total. The van der Waals surface area contributed by atoms with Gasteiger partial charge in [0.25, 0.3) is 0 Å². The van der Waals surface area contributed by atoms with E-state index in [-0.39, 0.29) is 18.1 Å². The van der Waals surface area contributed by atoms with Crippen LogP contribution in [-0.4, -0.2) is 43.4 Å². The molecule has 9 heteroatoms. The molecular weight excluding hydrogens is 428 g/mol.